The van der Waals surface area contributed by atoms with E-state index in [0.29, 0.717) is 45.1 Å². The fraction of sp³-hybridized carbons (Fsp3) is 0.591. The molecule has 1 aliphatic carbocycles. The average Bonchev–Trinajstić information content (AvgIpc) is 2.78. The lowest BCUT2D eigenvalue weighted by atomic mass is 9.90. The van der Waals surface area contributed by atoms with Crippen molar-refractivity contribution in [3.8, 4) is 0 Å². The highest BCUT2D eigenvalue weighted by Crippen LogP contribution is 2.23. The number of carbonyl (C=O) groups excluding carboxylic acids is 3. The minimum Gasteiger partial charge on any atom is -0.449 e. The predicted molar refractivity (Wildman–Crippen MR) is 114 cm³/mol. The first-order valence-electron chi connectivity index (χ1n) is 10.7. The minimum atomic E-state index is -0.718. The van der Waals surface area contributed by atoms with Crippen LogP contribution >= 0.6 is 11.6 Å². The summed E-state index contributed by atoms with van der Waals surface area (Å²) in [7, 11) is 0. The summed E-state index contributed by atoms with van der Waals surface area (Å²) in [4.78, 5) is 40.1. The van der Waals surface area contributed by atoms with E-state index in [1.807, 2.05) is 30.3 Å². The molecular weight excluding hydrogens is 406 g/mol. The lowest BCUT2D eigenvalue weighted by Gasteiger charge is -2.35. The summed E-state index contributed by atoms with van der Waals surface area (Å²) in [5.74, 6) is 0.240. The Balaban J connectivity index is 1.58. The molecule has 1 saturated heterocycles. The van der Waals surface area contributed by atoms with Crippen molar-refractivity contribution in [3.63, 3.8) is 0 Å². The second-order valence-electron chi connectivity index (χ2n) is 8.05. The Morgan fingerprint density at radius 2 is 1.63 bits per heavy atom. The maximum atomic E-state index is 13.1. The first kappa shape index (κ1) is 22.4. The van der Waals surface area contributed by atoms with Crippen LogP contribution in [0.2, 0.25) is 0 Å². The molecule has 1 N–H and O–H groups in total. The molecule has 1 saturated carbocycles. The highest BCUT2D eigenvalue weighted by molar-refractivity contribution is 6.62. The molecule has 3 rings (SSSR count). The van der Waals surface area contributed by atoms with Gasteiger partial charge in [-0.05, 0) is 35.9 Å². The number of ether oxygens (including phenoxy) is 1. The second kappa shape index (κ2) is 11.2. The van der Waals surface area contributed by atoms with E-state index in [2.05, 4.69) is 5.32 Å². The zero-order valence-electron chi connectivity index (χ0n) is 17.2. The summed E-state index contributed by atoms with van der Waals surface area (Å²) in [5, 5.41) is 2.27. The lowest BCUT2D eigenvalue weighted by molar-refractivity contribution is -0.134. The summed E-state index contributed by atoms with van der Waals surface area (Å²) >= 11 is 5.53. The number of piperazine rings is 1. The Morgan fingerprint density at radius 3 is 2.27 bits per heavy atom. The van der Waals surface area contributed by atoms with Gasteiger partial charge >= 0.3 is 11.5 Å². The number of halogens is 1. The van der Waals surface area contributed by atoms with Crippen LogP contribution in [0.4, 0.5) is 9.59 Å². The van der Waals surface area contributed by atoms with Gasteiger partial charge < -0.3 is 19.9 Å². The van der Waals surface area contributed by atoms with Gasteiger partial charge in [-0.3, -0.25) is 9.59 Å². The van der Waals surface area contributed by atoms with Gasteiger partial charge in [-0.15, -0.1) is 0 Å². The molecule has 0 bridgehead atoms. The second-order valence-corrected chi connectivity index (χ2v) is 8.38. The van der Waals surface area contributed by atoms with E-state index < -0.39 is 17.5 Å². The Bertz CT molecular complexity index is 716. The highest BCUT2D eigenvalue weighted by Gasteiger charge is 2.30. The van der Waals surface area contributed by atoms with Crippen molar-refractivity contribution in [2.75, 3.05) is 32.8 Å². The summed E-state index contributed by atoms with van der Waals surface area (Å²) in [6.45, 7) is 1.95. The van der Waals surface area contributed by atoms with Crippen molar-refractivity contribution in [2.24, 2.45) is 5.92 Å². The molecule has 3 amide bonds. The van der Waals surface area contributed by atoms with Crippen molar-refractivity contribution in [3.05, 3.63) is 35.9 Å². The molecule has 1 aliphatic heterocycles. The first-order chi connectivity index (χ1) is 14.5. The number of hydrogen-bond donors (Lipinski definition) is 1. The van der Waals surface area contributed by atoms with E-state index in [0.717, 1.165) is 18.4 Å². The zero-order valence-corrected chi connectivity index (χ0v) is 18.0. The van der Waals surface area contributed by atoms with E-state index >= 15 is 0 Å². The molecule has 8 heteroatoms. The SMILES string of the molecule is O=C(N[C@@H](Cc1ccccc1)C(=O)N1CCN(C(=O)Cl)CC1)OCC1CCCCC1. The monoisotopic (exact) mass is 435 g/mol. The third-order valence-electron chi connectivity index (χ3n) is 5.89. The fourth-order valence-corrected chi connectivity index (χ4v) is 4.27. The molecule has 164 valence electrons. The van der Waals surface area contributed by atoms with E-state index in [1.54, 1.807) is 4.90 Å². The molecule has 0 radical (unpaired) electrons. The Labute approximate surface area is 182 Å². The minimum absolute atomic E-state index is 0.171. The summed E-state index contributed by atoms with van der Waals surface area (Å²) < 4.78 is 5.44. The first-order valence-corrected chi connectivity index (χ1v) is 11.1. The molecule has 0 unspecified atom stereocenters. The fourth-order valence-electron chi connectivity index (χ4n) is 4.10. The number of benzene rings is 1. The highest BCUT2D eigenvalue weighted by atomic mass is 35.5. The zero-order chi connectivity index (χ0) is 21.3. The average molecular weight is 436 g/mol. The summed E-state index contributed by atoms with van der Waals surface area (Å²) in [6, 6.07) is 8.86. The van der Waals surface area contributed by atoms with Crippen LogP contribution in [0.25, 0.3) is 0 Å². The summed E-state index contributed by atoms with van der Waals surface area (Å²) in [5.41, 5.74) is 0.956. The van der Waals surface area contributed by atoms with Crippen LogP contribution in [-0.4, -0.2) is 66.0 Å². The summed E-state index contributed by atoms with van der Waals surface area (Å²) in [6.07, 6.45) is 5.62. The van der Waals surface area contributed by atoms with Gasteiger partial charge in [-0.1, -0.05) is 49.6 Å². The third-order valence-corrected chi connectivity index (χ3v) is 6.13. The van der Waals surface area contributed by atoms with Crippen molar-refractivity contribution in [1.29, 1.82) is 0 Å². The van der Waals surface area contributed by atoms with Crippen LogP contribution in [0.3, 0.4) is 0 Å². The normalized spacial score (nSPS) is 18.6. The van der Waals surface area contributed by atoms with Crippen LogP contribution in [-0.2, 0) is 16.0 Å². The quantitative estimate of drug-likeness (QED) is 0.548. The topological polar surface area (TPSA) is 79.0 Å². The number of rotatable bonds is 6. The van der Waals surface area contributed by atoms with Crippen molar-refractivity contribution in [1.82, 2.24) is 15.1 Å². The van der Waals surface area contributed by atoms with Gasteiger partial charge in [0, 0.05) is 32.6 Å². The smallest absolute Gasteiger partial charge is 0.407 e. The molecule has 0 spiro atoms. The number of carbonyl (C=O) groups is 3. The van der Waals surface area contributed by atoms with Gasteiger partial charge in [-0.25, -0.2) is 4.79 Å². The maximum absolute atomic E-state index is 13.1. The van der Waals surface area contributed by atoms with Gasteiger partial charge in [0.2, 0.25) is 5.91 Å². The third kappa shape index (κ3) is 6.62. The van der Waals surface area contributed by atoms with Crippen LogP contribution in [0.1, 0.15) is 37.7 Å². The molecule has 7 nitrogen and oxygen atoms in total. The van der Waals surface area contributed by atoms with E-state index in [-0.39, 0.29) is 5.91 Å². The van der Waals surface area contributed by atoms with Crippen LogP contribution in [0.15, 0.2) is 30.3 Å². The Kier molecular flexibility index (Phi) is 8.37. The molecule has 30 heavy (non-hydrogen) atoms. The standard InChI is InChI=1S/C22H30ClN3O4/c23-21(28)26-13-11-25(12-14-26)20(27)19(15-17-7-3-1-4-8-17)24-22(29)30-16-18-9-5-2-6-10-18/h1,3-4,7-8,18-19H,2,5-6,9-16H2,(H,24,29)/t19-/m0/s1. The molecule has 1 atom stereocenters. The molecule has 0 aromatic heterocycles. The predicted octanol–water partition coefficient (Wildman–Crippen LogP) is 3.41. The molecule has 1 aromatic rings. The van der Waals surface area contributed by atoms with Gasteiger partial charge in [-0.2, -0.15) is 0 Å². The number of amides is 3. The van der Waals surface area contributed by atoms with Crippen LogP contribution < -0.4 is 5.32 Å². The van der Waals surface area contributed by atoms with Gasteiger partial charge in [0.05, 0.1) is 6.61 Å². The lowest BCUT2D eigenvalue weighted by Crippen LogP contribution is -2.56. The van der Waals surface area contributed by atoms with Crippen LogP contribution in [0, 0.1) is 5.92 Å². The molecular formula is C22H30ClN3O4. The van der Waals surface area contributed by atoms with Gasteiger partial charge in [0.25, 0.3) is 0 Å². The molecule has 2 aliphatic rings. The van der Waals surface area contributed by atoms with E-state index in [4.69, 9.17) is 16.3 Å². The molecule has 1 heterocycles. The molecule has 1 aromatic carbocycles. The number of hydrogen-bond acceptors (Lipinski definition) is 4. The Hall–Kier alpha value is -2.28. The maximum Gasteiger partial charge on any atom is 0.407 e. The van der Waals surface area contributed by atoms with Gasteiger partial charge in [0.15, 0.2) is 0 Å². The van der Waals surface area contributed by atoms with Gasteiger partial charge in [0.1, 0.15) is 6.04 Å². The Morgan fingerprint density at radius 1 is 1.00 bits per heavy atom. The van der Waals surface area contributed by atoms with Crippen LogP contribution in [0.5, 0.6) is 0 Å². The molecule has 2 fully saturated rings. The van der Waals surface area contributed by atoms with Crippen molar-refractivity contribution in [2.45, 2.75) is 44.6 Å². The number of nitrogens with zero attached hydrogens (tertiary/aromatic N) is 2. The largest absolute Gasteiger partial charge is 0.449 e. The number of alkyl carbamates (subject to hydrolysis) is 1. The number of nitrogens with one attached hydrogen (secondary N) is 1. The van der Waals surface area contributed by atoms with E-state index in [1.165, 1.54) is 24.2 Å². The van der Waals surface area contributed by atoms with Crippen molar-refractivity contribution >= 4 is 29.0 Å². The van der Waals surface area contributed by atoms with E-state index in [9.17, 15) is 14.4 Å². The van der Waals surface area contributed by atoms with Crippen molar-refractivity contribution < 1.29 is 19.1 Å².